The molecule has 5 nitrogen and oxygen atoms in total. The number of pyridine rings is 1. The first-order chi connectivity index (χ1) is 22.3. The van der Waals surface area contributed by atoms with E-state index in [1.54, 1.807) is 0 Å². The van der Waals surface area contributed by atoms with Gasteiger partial charge in [-0.3, -0.25) is 0 Å². The van der Waals surface area contributed by atoms with Crippen LogP contribution in [-0.4, -0.2) is 23.2 Å². The topological polar surface area (TPSA) is 33.5 Å². The van der Waals surface area contributed by atoms with Gasteiger partial charge in [-0.1, -0.05) is 65.8 Å². The summed E-state index contributed by atoms with van der Waals surface area (Å²) in [4.78, 5) is 8.15. The molecule has 0 atom stereocenters. The van der Waals surface area contributed by atoms with E-state index in [0.29, 0.717) is 22.9 Å². The Kier molecular flexibility index (Phi) is 6.33. The molecule has 1 aliphatic heterocycles. The van der Waals surface area contributed by atoms with E-state index in [0.717, 1.165) is 44.4 Å². The molecule has 5 aromatic carbocycles. The zero-order valence-electron chi connectivity index (χ0n) is 26.8. The van der Waals surface area contributed by atoms with Crippen molar-refractivity contribution in [3.63, 3.8) is 0 Å². The van der Waals surface area contributed by atoms with Crippen LogP contribution in [0.1, 0.15) is 9.68 Å². The van der Waals surface area contributed by atoms with E-state index in [4.69, 9.17) is 13.8 Å². The third-order valence-electron chi connectivity index (χ3n) is 8.00. The number of anilines is 3. The quantitative estimate of drug-likeness (QED) is 0.164. The molecule has 0 radical (unpaired) electrons. The standard InChI is InChI=1S/C38H28N4O.Pt/c1-26-10-3-4-13-31(26)27-20-21-39-38(22-27)42-34-15-6-5-14-32(34)33-19-18-30(24-37(33)42)43-29-12-9-11-28(23-29)41-25-40(2)35-16-7-8-17-36(35)41;/h3-22H,25H2,1-2H3;/q-2;+2/i2D3;. The monoisotopic (exact) mass is 754 g/mol. The van der Waals surface area contributed by atoms with Gasteiger partial charge in [-0.15, -0.1) is 35.7 Å². The molecule has 0 amide bonds. The molecule has 0 spiro atoms. The van der Waals surface area contributed by atoms with Crippen molar-refractivity contribution in [2.24, 2.45) is 0 Å². The molecule has 0 unspecified atom stereocenters. The van der Waals surface area contributed by atoms with E-state index < -0.39 is 6.98 Å². The third-order valence-corrected chi connectivity index (χ3v) is 8.00. The molecule has 0 bridgehead atoms. The average Bonchev–Trinajstić information content (AvgIpc) is 3.62. The van der Waals surface area contributed by atoms with Crippen LogP contribution in [0.2, 0.25) is 0 Å². The second kappa shape index (κ2) is 11.3. The van der Waals surface area contributed by atoms with Gasteiger partial charge in [-0.25, -0.2) is 4.98 Å². The van der Waals surface area contributed by atoms with Gasteiger partial charge in [0.15, 0.2) is 0 Å². The first-order valence-electron chi connectivity index (χ1n) is 15.7. The summed E-state index contributed by atoms with van der Waals surface area (Å²) in [5.41, 5.74) is 7.52. The van der Waals surface area contributed by atoms with Crippen molar-refractivity contribution < 1.29 is 29.9 Å². The number of ether oxygens (including phenoxy) is 1. The fourth-order valence-corrected chi connectivity index (χ4v) is 5.97. The van der Waals surface area contributed by atoms with Gasteiger partial charge in [0, 0.05) is 34.3 Å². The van der Waals surface area contributed by atoms with Crippen molar-refractivity contribution in [1.29, 1.82) is 0 Å². The minimum Gasteiger partial charge on any atom is -0.509 e. The van der Waals surface area contributed by atoms with Crippen LogP contribution >= 0.6 is 0 Å². The molecule has 0 saturated heterocycles. The van der Waals surface area contributed by atoms with Crippen LogP contribution in [0.15, 0.2) is 121 Å². The van der Waals surface area contributed by atoms with Crippen molar-refractivity contribution in [3.05, 3.63) is 139 Å². The Morgan fingerprint density at radius 1 is 0.773 bits per heavy atom. The summed E-state index contributed by atoms with van der Waals surface area (Å²) in [5, 5.41) is 2.14. The zero-order valence-corrected chi connectivity index (χ0v) is 26.0. The number of nitrogens with zero attached hydrogens (tertiary/aromatic N) is 4. The minimum absolute atomic E-state index is 0. The van der Waals surface area contributed by atoms with Crippen molar-refractivity contribution in [1.82, 2.24) is 9.55 Å². The zero-order chi connectivity index (χ0) is 31.4. The molecule has 44 heavy (non-hydrogen) atoms. The van der Waals surface area contributed by atoms with Crippen LogP contribution in [0.4, 0.5) is 17.1 Å². The molecule has 6 heteroatoms. The fraction of sp³-hybridized carbons (Fsp3) is 0.0789. The summed E-state index contributed by atoms with van der Waals surface area (Å²) in [5.74, 6) is 1.83. The van der Waals surface area contributed by atoms with Gasteiger partial charge in [-0.05, 0) is 59.3 Å². The summed E-state index contributed by atoms with van der Waals surface area (Å²) in [6.45, 7) is 0.0316. The summed E-state index contributed by atoms with van der Waals surface area (Å²) in [7, 11) is 0. The van der Waals surface area contributed by atoms with E-state index >= 15 is 0 Å². The van der Waals surface area contributed by atoms with Gasteiger partial charge in [0.05, 0.1) is 18.0 Å². The van der Waals surface area contributed by atoms with Gasteiger partial charge in [-0.2, -0.15) is 12.1 Å². The molecule has 8 rings (SSSR count). The third kappa shape index (κ3) is 4.74. The van der Waals surface area contributed by atoms with Crippen LogP contribution < -0.4 is 14.5 Å². The number of para-hydroxylation sites is 3. The van der Waals surface area contributed by atoms with Crippen molar-refractivity contribution in [3.8, 4) is 28.4 Å². The van der Waals surface area contributed by atoms with Crippen molar-refractivity contribution in [2.75, 3.05) is 23.4 Å². The summed E-state index contributed by atoms with van der Waals surface area (Å²) >= 11 is 0. The van der Waals surface area contributed by atoms with Crippen LogP contribution in [0.25, 0.3) is 38.8 Å². The average molecular weight is 755 g/mol. The Morgan fingerprint density at radius 3 is 2.45 bits per heavy atom. The predicted octanol–water partition coefficient (Wildman–Crippen LogP) is 9.09. The van der Waals surface area contributed by atoms with Crippen LogP contribution in [-0.2, 0) is 21.1 Å². The van der Waals surface area contributed by atoms with Crippen LogP contribution in [0.5, 0.6) is 11.5 Å². The van der Waals surface area contributed by atoms with Crippen molar-refractivity contribution >= 4 is 38.9 Å². The normalized spacial score (nSPS) is 13.7. The number of hydrogen-bond acceptors (Lipinski definition) is 4. The SMILES string of the molecule is [2H]C([2H])([2H])N1CN(c2[c-]c(Oc3[c-]c4c(cc3)c3ccccc3n4-c3cc(-c4ccccc4C)ccn3)ccc2)c2ccccc21.[Pt+2]. The van der Waals surface area contributed by atoms with Crippen molar-refractivity contribution in [2.45, 2.75) is 6.92 Å². The largest absolute Gasteiger partial charge is 2.00 e. The maximum atomic E-state index is 8.04. The van der Waals surface area contributed by atoms with E-state index in [9.17, 15) is 0 Å². The van der Waals surface area contributed by atoms with E-state index in [1.165, 1.54) is 10.5 Å². The molecular weight excluding hydrogens is 724 g/mol. The smallest absolute Gasteiger partial charge is 0.509 e. The number of aryl methyl sites for hydroxylation is 1. The van der Waals surface area contributed by atoms with Gasteiger partial charge in [0.2, 0.25) is 0 Å². The van der Waals surface area contributed by atoms with E-state index in [-0.39, 0.29) is 27.7 Å². The maximum absolute atomic E-state index is 8.04. The van der Waals surface area contributed by atoms with Gasteiger partial charge in [0.25, 0.3) is 0 Å². The number of benzene rings is 5. The van der Waals surface area contributed by atoms with Crippen LogP contribution in [0, 0.1) is 19.1 Å². The molecule has 216 valence electrons. The Balaban J connectivity index is 0.00000351. The summed E-state index contributed by atoms with van der Waals surface area (Å²) < 4.78 is 32.6. The molecular formula is C38H28N4OPt. The first-order valence-corrected chi connectivity index (χ1v) is 14.2. The van der Waals surface area contributed by atoms with E-state index in [1.807, 2.05) is 83.9 Å². The molecule has 0 saturated carbocycles. The molecule has 3 heterocycles. The van der Waals surface area contributed by atoms with Gasteiger partial charge in [0.1, 0.15) is 5.82 Å². The second-order valence-corrected chi connectivity index (χ2v) is 10.6. The number of rotatable bonds is 5. The van der Waals surface area contributed by atoms with Crippen LogP contribution in [0.3, 0.4) is 0 Å². The molecule has 0 aliphatic carbocycles. The maximum Gasteiger partial charge on any atom is 2.00 e. The van der Waals surface area contributed by atoms with Gasteiger partial charge >= 0.3 is 21.1 Å². The first kappa shape index (κ1) is 24.6. The Morgan fingerprint density at radius 2 is 1.57 bits per heavy atom. The minimum atomic E-state index is -2.27. The number of hydrogen-bond donors (Lipinski definition) is 0. The Hall–Kier alpha value is -4.86. The molecule has 2 aromatic heterocycles. The summed E-state index contributed by atoms with van der Waals surface area (Å²) in [6, 6.07) is 44.8. The molecule has 7 aromatic rings. The second-order valence-electron chi connectivity index (χ2n) is 10.6. The Labute approximate surface area is 275 Å². The number of fused-ring (bicyclic) bond motifs is 4. The molecule has 1 aliphatic rings. The predicted molar refractivity (Wildman–Crippen MR) is 175 cm³/mol. The summed E-state index contributed by atoms with van der Waals surface area (Å²) in [6.07, 6.45) is 1.85. The van der Waals surface area contributed by atoms with Gasteiger partial charge < -0.3 is 19.1 Å². The fourth-order valence-electron chi connectivity index (χ4n) is 5.97. The Bertz CT molecular complexity index is 2260. The number of aromatic nitrogens is 2. The van der Waals surface area contributed by atoms with E-state index in [2.05, 4.69) is 66.1 Å². The molecule has 0 fully saturated rings. The molecule has 0 N–H and O–H groups in total.